The zero-order chi connectivity index (χ0) is 14.8. The molecule has 3 heterocycles. The number of amides is 2. The Morgan fingerprint density at radius 2 is 2.38 bits per heavy atom. The van der Waals surface area contributed by atoms with E-state index in [0.29, 0.717) is 11.7 Å². The van der Waals surface area contributed by atoms with E-state index in [4.69, 9.17) is 10.2 Å². The van der Waals surface area contributed by atoms with Crippen LogP contribution in [0.5, 0.6) is 0 Å². The van der Waals surface area contributed by atoms with Gasteiger partial charge in [-0.3, -0.25) is 19.8 Å². The van der Waals surface area contributed by atoms with Crippen LogP contribution in [0.4, 0.5) is 5.13 Å². The lowest BCUT2D eigenvalue weighted by Gasteiger charge is -2.24. The summed E-state index contributed by atoms with van der Waals surface area (Å²) in [6.45, 7) is 1.61. The third kappa shape index (κ3) is 3.11. The van der Waals surface area contributed by atoms with E-state index in [1.165, 1.54) is 17.6 Å². The van der Waals surface area contributed by atoms with Crippen molar-refractivity contribution in [3.8, 4) is 0 Å². The molecule has 2 aromatic rings. The van der Waals surface area contributed by atoms with E-state index in [0.717, 1.165) is 23.5 Å². The largest absolute Gasteiger partial charge is 0.459 e. The highest BCUT2D eigenvalue weighted by Crippen LogP contribution is 2.28. The Kier molecular flexibility index (Phi) is 3.72. The van der Waals surface area contributed by atoms with Crippen molar-refractivity contribution in [2.75, 3.05) is 18.4 Å². The number of carbonyl (C=O) groups is 2. The number of primary amides is 1. The summed E-state index contributed by atoms with van der Waals surface area (Å²) in [5, 5.41) is 3.27. The van der Waals surface area contributed by atoms with Gasteiger partial charge in [-0.15, -0.1) is 11.3 Å². The number of nitrogens with two attached hydrogens (primary N) is 1. The minimum Gasteiger partial charge on any atom is -0.459 e. The average molecular weight is 306 g/mol. The van der Waals surface area contributed by atoms with Gasteiger partial charge in [0, 0.05) is 24.4 Å². The van der Waals surface area contributed by atoms with Gasteiger partial charge >= 0.3 is 0 Å². The lowest BCUT2D eigenvalue weighted by molar-refractivity contribution is -0.119. The molecule has 1 aliphatic heterocycles. The molecule has 0 atom stereocenters. The Morgan fingerprint density at radius 1 is 1.52 bits per heavy atom. The van der Waals surface area contributed by atoms with Crippen LogP contribution >= 0.6 is 11.3 Å². The number of rotatable bonds is 4. The lowest BCUT2D eigenvalue weighted by Crippen LogP contribution is -2.37. The van der Waals surface area contributed by atoms with Crippen LogP contribution in [-0.2, 0) is 17.8 Å². The normalized spacial score (nSPS) is 14.7. The molecule has 0 bridgehead atoms. The summed E-state index contributed by atoms with van der Waals surface area (Å²) in [5.74, 6) is -0.409. The molecule has 2 amide bonds. The number of fused-ring (bicyclic) bond motifs is 1. The Hall–Kier alpha value is -2.19. The number of furan rings is 1. The Labute approximate surface area is 124 Å². The van der Waals surface area contributed by atoms with Crippen molar-refractivity contribution in [1.29, 1.82) is 0 Å². The predicted octanol–water partition coefficient (Wildman–Crippen LogP) is 0.832. The quantitative estimate of drug-likeness (QED) is 0.871. The number of carbonyl (C=O) groups excluding carboxylic acids is 2. The fraction of sp³-hybridized carbons (Fsp3) is 0.308. The number of hydrogen-bond donors (Lipinski definition) is 2. The zero-order valence-electron chi connectivity index (χ0n) is 11.2. The molecular weight excluding hydrogens is 292 g/mol. The second-order valence-electron chi connectivity index (χ2n) is 4.75. The van der Waals surface area contributed by atoms with Gasteiger partial charge in [0.2, 0.25) is 5.91 Å². The van der Waals surface area contributed by atoms with E-state index < -0.39 is 0 Å². The monoisotopic (exact) mass is 306 g/mol. The second kappa shape index (κ2) is 5.66. The topological polar surface area (TPSA) is 101 Å². The maximum atomic E-state index is 11.9. The standard InChI is InChI=1S/C13H14N4O3S/c14-11(18)7-17-4-3-8-10(6-17)21-13(15-8)16-12(19)9-2-1-5-20-9/h1-2,5H,3-4,6-7H2,(H2,14,18)(H,15,16,19). The van der Waals surface area contributed by atoms with E-state index in [2.05, 4.69) is 10.3 Å². The van der Waals surface area contributed by atoms with Gasteiger partial charge in [-0.05, 0) is 12.1 Å². The third-order valence-corrected chi connectivity index (χ3v) is 4.15. The molecule has 1 aliphatic rings. The third-order valence-electron chi connectivity index (χ3n) is 3.16. The highest BCUT2D eigenvalue weighted by molar-refractivity contribution is 7.15. The van der Waals surface area contributed by atoms with Gasteiger partial charge < -0.3 is 10.2 Å². The van der Waals surface area contributed by atoms with Gasteiger partial charge in [0.1, 0.15) is 0 Å². The summed E-state index contributed by atoms with van der Waals surface area (Å²) in [6.07, 6.45) is 2.19. The van der Waals surface area contributed by atoms with Gasteiger partial charge in [0.15, 0.2) is 10.9 Å². The Balaban J connectivity index is 1.69. The molecule has 3 rings (SSSR count). The first kappa shape index (κ1) is 13.8. The molecule has 0 radical (unpaired) electrons. The summed E-state index contributed by atoms with van der Waals surface area (Å²) in [7, 11) is 0. The van der Waals surface area contributed by atoms with Crippen LogP contribution in [0, 0.1) is 0 Å². The molecule has 3 N–H and O–H groups in total. The van der Waals surface area contributed by atoms with Crippen LogP contribution in [0.25, 0.3) is 0 Å². The SMILES string of the molecule is NC(=O)CN1CCc2nc(NC(=O)c3ccco3)sc2C1. The molecule has 0 saturated heterocycles. The van der Waals surface area contributed by atoms with E-state index in [-0.39, 0.29) is 24.1 Å². The fourth-order valence-electron chi connectivity index (χ4n) is 2.22. The molecule has 0 aliphatic carbocycles. The van der Waals surface area contributed by atoms with Crippen LogP contribution < -0.4 is 11.1 Å². The van der Waals surface area contributed by atoms with Gasteiger partial charge in [0.25, 0.3) is 5.91 Å². The molecule has 0 spiro atoms. The van der Waals surface area contributed by atoms with Gasteiger partial charge in [-0.2, -0.15) is 0 Å². The van der Waals surface area contributed by atoms with Crippen LogP contribution in [0.2, 0.25) is 0 Å². The summed E-state index contributed by atoms with van der Waals surface area (Å²) in [4.78, 5) is 30.3. The van der Waals surface area contributed by atoms with Gasteiger partial charge in [0.05, 0.1) is 18.5 Å². The van der Waals surface area contributed by atoms with Crippen molar-refractivity contribution in [2.24, 2.45) is 5.73 Å². The predicted molar refractivity (Wildman–Crippen MR) is 77.0 cm³/mol. The van der Waals surface area contributed by atoms with E-state index >= 15 is 0 Å². The van der Waals surface area contributed by atoms with Gasteiger partial charge in [-0.1, -0.05) is 0 Å². The van der Waals surface area contributed by atoms with Crippen LogP contribution in [-0.4, -0.2) is 34.8 Å². The highest BCUT2D eigenvalue weighted by atomic mass is 32.1. The van der Waals surface area contributed by atoms with Gasteiger partial charge in [-0.25, -0.2) is 4.98 Å². The minimum atomic E-state index is -0.339. The highest BCUT2D eigenvalue weighted by Gasteiger charge is 2.22. The smallest absolute Gasteiger partial charge is 0.293 e. The second-order valence-corrected chi connectivity index (χ2v) is 5.83. The number of aromatic nitrogens is 1. The number of nitrogens with one attached hydrogen (secondary N) is 1. The lowest BCUT2D eigenvalue weighted by atomic mass is 10.2. The average Bonchev–Trinajstić information content (AvgIpc) is 3.05. The fourth-order valence-corrected chi connectivity index (χ4v) is 3.27. The summed E-state index contributed by atoms with van der Waals surface area (Å²) in [6, 6.07) is 3.25. The number of hydrogen-bond acceptors (Lipinski definition) is 6. The maximum absolute atomic E-state index is 11.9. The van der Waals surface area contributed by atoms with Crippen molar-refractivity contribution in [3.05, 3.63) is 34.7 Å². The molecule has 0 aromatic carbocycles. The van der Waals surface area contributed by atoms with Crippen LogP contribution in [0.1, 0.15) is 21.1 Å². The number of anilines is 1. The molecule has 0 saturated carbocycles. The molecule has 110 valence electrons. The molecule has 8 heteroatoms. The van der Waals surface area contributed by atoms with Crippen LogP contribution in [0.3, 0.4) is 0 Å². The van der Waals surface area contributed by atoms with E-state index in [1.54, 1.807) is 12.1 Å². The minimum absolute atomic E-state index is 0.241. The van der Waals surface area contributed by atoms with Crippen molar-refractivity contribution < 1.29 is 14.0 Å². The Bertz CT molecular complexity index is 665. The summed E-state index contributed by atoms with van der Waals surface area (Å²) in [5.41, 5.74) is 6.18. The van der Waals surface area contributed by atoms with Crippen molar-refractivity contribution in [1.82, 2.24) is 9.88 Å². The number of nitrogens with zero attached hydrogens (tertiary/aromatic N) is 2. The first-order valence-corrected chi connectivity index (χ1v) is 7.27. The molecule has 0 unspecified atom stereocenters. The first-order chi connectivity index (χ1) is 10.1. The zero-order valence-corrected chi connectivity index (χ0v) is 12.0. The number of thiazole rings is 1. The molecule has 7 nitrogen and oxygen atoms in total. The first-order valence-electron chi connectivity index (χ1n) is 6.46. The molecule has 2 aromatic heterocycles. The Morgan fingerprint density at radius 3 is 3.10 bits per heavy atom. The van der Waals surface area contributed by atoms with E-state index in [1.807, 2.05) is 4.90 Å². The summed E-state index contributed by atoms with van der Waals surface area (Å²) < 4.78 is 5.04. The van der Waals surface area contributed by atoms with Crippen molar-refractivity contribution in [2.45, 2.75) is 13.0 Å². The molecule has 0 fully saturated rings. The molecule has 21 heavy (non-hydrogen) atoms. The van der Waals surface area contributed by atoms with Crippen molar-refractivity contribution >= 4 is 28.3 Å². The molecular formula is C13H14N4O3S. The van der Waals surface area contributed by atoms with E-state index in [9.17, 15) is 9.59 Å². The maximum Gasteiger partial charge on any atom is 0.293 e. The summed E-state index contributed by atoms with van der Waals surface area (Å²) >= 11 is 1.41. The van der Waals surface area contributed by atoms with Crippen molar-refractivity contribution in [3.63, 3.8) is 0 Å². The van der Waals surface area contributed by atoms with Crippen LogP contribution in [0.15, 0.2) is 22.8 Å².